The molecule has 1 heterocycles. The van der Waals surface area contributed by atoms with E-state index in [4.69, 9.17) is 14.2 Å². The summed E-state index contributed by atoms with van der Waals surface area (Å²) in [6.45, 7) is 1.81. The fourth-order valence-electron chi connectivity index (χ4n) is 2.36. The molecule has 1 aliphatic heterocycles. The third kappa shape index (κ3) is 2.70. The van der Waals surface area contributed by atoms with E-state index in [9.17, 15) is 4.79 Å². The van der Waals surface area contributed by atoms with E-state index in [1.165, 1.54) is 0 Å². The van der Waals surface area contributed by atoms with Crippen LogP contribution in [0.3, 0.4) is 0 Å². The Morgan fingerprint density at radius 2 is 1.68 bits per heavy atom. The molecule has 5 nitrogen and oxygen atoms in total. The van der Waals surface area contributed by atoms with Gasteiger partial charge in [0.15, 0.2) is 11.5 Å². The molecule has 1 N–H and O–H groups in total. The van der Waals surface area contributed by atoms with Gasteiger partial charge in [0.1, 0.15) is 11.9 Å². The fourth-order valence-corrected chi connectivity index (χ4v) is 2.36. The lowest BCUT2D eigenvalue weighted by Crippen LogP contribution is -2.46. The predicted molar refractivity (Wildman–Crippen MR) is 82.6 cm³/mol. The highest BCUT2D eigenvalue weighted by Crippen LogP contribution is 2.34. The van der Waals surface area contributed by atoms with Crippen LogP contribution in [0.4, 0.5) is 5.69 Å². The van der Waals surface area contributed by atoms with Gasteiger partial charge in [-0.25, -0.2) is 0 Å². The lowest BCUT2D eigenvalue weighted by Gasteiger charge is -2.31. The monoisotopic (exact) mass is 299 g/mol. The smallest absolute Gasteiger partial charge is 0.269 e. The third-order valence-electron chi connectivity index (χ3n) is 3.47. The van der Waals surface area contributed by atoms with E-state index in [0.717, 1.165) is 0 Å². The van der Waals surface area contributed by atoms with Crippen LogP contribution in [0.1, 0.15) is 6.92 Å². The van der Waals surface area contributed by atoms with Gasteiger partial charge in [-0.2, -0.15) is 0 Å². The number of rotatable bonds is 3. The number of hydrogen-bond donors (Lipinski definition) is 1. The molecule has 0 aromatic heterocycles. The van der Waals surface area contributed by atoms with E-state index >= 15 is 0 Å². The van der Waals surface area contributed by atoms with Gasteiger partial charge in [-0.3, -0.25) is 4.79 Å². The topological polar surface area (TPSA) is 56.8 Å². The van der Waals surface area contributed by atoms with Crippen molar-refractivity contribution >= 4 is 11.6 Å². The Labute approximate surface area is 128 Å². The van der Waals surface area contributed by atoms with Gasteiger partial charge >= 0.3 is 0 Å². The molecule has 0 bridgehead atoms. The van der Waals surface area contributed by atoms with Crippen molar-refractivity contribution in [2.75, 3.05) is 12.4 Å². The maximum Gasteiger partial charge on any atom is 0.269 e. The molecule has 0 saturated heterocycles. The number of benzene rings is 2. The molecule has 114 valence electrons. The highest BCUT2D eigenvalue weighted by molar-refractivity contribution is 5.96. The Bertz CT molecular complexity index is 686. The number of nitrogens with one attached hydrogen (secondary N) is 1. The minimum atomic E-state index is -0.722. The molecule has 0 fully saturated rings. The average Bonchev–Trinajstić information content (AvgIpc) is 2.54. The molecule has 2 aromatic rings. The number of fused-ring (bicyclic) bond motifs is 1. The van der Waals surface area contributed by atoms with Gasteiger partial charge in [0.25, 0.3) is 5.91 Å². The quantitative estimate of drug-likeness (QED) is 0.947. The molecular weight excluding hydrogens is 282 g/mol. The summed E-state index contributed by atoms with van der Waals surface area (Å²) in [6, 6.07) is 14.5. The van der Waals surface area contributed by atoms with Gasteiger partial charge < -0.3 is 19.5 Å². The lowest BCUT2D eigenvalue weighted by molar-refractivity contribution is -0.128. The zero-order valence-corrected chi connectivity index (χ0v) is 12.4. The van der Waals surface area contributed by atoms with Gasteiger partial charge in [0.05, 0.1) is 12.8 Å². The number of ether oxygens (including phenoxy) is 3. The van der Waals surface area contributed by atoms with Crippen molar-refractivity contribution in [2.24, 2.45) is 0 Å². The van der Waals surface area contributed by atoms with Gasteiger partial charge in [0, 0.05) is 0 Å². The van der Waals surface area contributed by atoms with E-state index < -0.39 is 6.10 Å². The van der Waals surface area contributed by atoms with Crippen molar-refractivity contribution in [3.63, 3.8) is 0 Å². The third-order valence-corrected chi connectivity index (χ3v) is 3.47. The van der Waals surface area contributed by atoms with Crippen molar-refractivity contribution in [3.8, 4) is 17.2 Å². The highest BCUT2D eigenvalue weighted by atomic mass is 16.6. The maximum atomic E-state index is 12.5. The van der Waals surface area contributed by atoms with Gasteiger partial charge in [0.2, 0.25) is 6.10 Å². The standard InChI is InChI=1S/C17H17NO4/c1-11-16(22-15-10-6-5-9-14(15)21-11)17(19)18-12-7-3-4-8-13(12)20-2/h3-11,16H,1-2H3,(H,18,19). The SMILES string of the molecule is COc1ccccc1NC(=O)C1Oc2ccccc2OC1C. The number of para-hydroxylation sites is 4. The van der Waals surface area contributed by atoms with Crippen molar-refractivity contribution in [1.29, 1.82) is 0 Å². The molecule has 0 saturated carbocycles. The first kappa shape index (κ1) is 14.3. The molecule has 0 spiro atoms. The Hall–Kier alpha value is -2.69. The summed E-state index contributed by atoms with van der Waals surface area (Å²) in [4.78, 5) is 12.5. The van der Waals surface area contributed by atoms with Crippen LogP contribution in [0.2, 0.25) is 0 Å². The second kappa shape index (κ2) is 5.97. The summed E-state index contributed by atoms with van der Waals surface area (Å²) in [6.07, 6.45) is -1.11. The minimum absolute atomic E-state index is 0.272. The normalized spacial score (nSPS) is 19.4. The summed E-state index contributed by atoms with van der Waals surface area (Å²) in [5.41, 5.74) is 0.602. The number of methoxy groups -OCH3 is 1. The summed E-state index contributed by atoms with van der Waals surface area (Å²) in [5, 5.41) is 2.82. The predicted octanol–water partition coefficient (Wildman–Crippen LogP) is 2.86. The molecule has 1 aliphatic rings. The number of amides is 1. The van der Waals surface area contributed by atoms with Crippen molar-refractivity contribution < 1.29 is 19.0 Å². The molecule has 2 atom stereocenters. The van der Waals surface area contributed by atoms with E-state index in [2.05, 4.69) is 5.32 Å². The Morgan fingerprint density at radius 1 is 1.05 bits per heavy atom. The van der Waals surface area contributed by atoms with E-state index in [0.29, 0.717) is 22.9 Å². The summed E-state index contributed by atoms with van der Waals surface area (Å²) < 4.78 is 16.7. The number of carbonyl (C=O) groups excluding carboxylic acids is 1. The molecular formula is C17H17NO4. The second-order valence-electron chi connectivity index (χ2n) is 5.00. The molecule has 0 aliphatic carbocycles. The molecule has 1 amide bonds. The van der Waals surface area contributed by atoms with Gasteiger partial charge in [-0.1, -0.05) is 24.3 Å². The van der Waals surface area contributed by atoms with Gasteiger partial charge in [-0.05, 0) is 31.2 Å². The van der Waals surface area contributed by atoms with Crippen LogP contribution >= 0.6 is 0 Å². The zero-order chi connectivity index (χ0) is 15.5. The van der Waals surface area contributed by atoms with Crippen molar-refractivity contribution in [1.82, 2.24) is 0 Å². The largest absolute Gasteiger partial charge is 0.495 e. The molecule has 0 radical (unpaired) electrons. The minimum Gasteiger partial charge on any atom is -0.495 e. The van der Waals surface area contributed by atoms with E-state index in [-0.39, 0.29) is 12.0 Å². The van der Waals surface area contributed by atoms with Crippen LogP contribution in [-0.2, 0) is 4.79 Å². The van der Waals surface area contributed by atoms with Gasteiger partial charge in [-0.15, -0.1) is 0 Å². The van der Waals surface area contributed by atoms with E-state index in [1.54, 1.807) is 25.3 Å². The average molecular weight is 299 g/mol. The van der Waals surface area contributed by atoms with Crippen LogP contribution in [0.5, 0.6) is 17.2 Å². The Balaban J connectivity index is 1.78. The highest BCUT2D eigenvalue weighted by Gasteiger charge is 2.34. The van der Waals surface area contributed by atoms with Crippen LogP contribution in [0, 0.1) is 0 Å². The van der Waals surface area contributed by atoms with Crippen LogP contribution < -0.4 is 19.5 Å². The lowest BCUT2D eigenvalue weighted by atomic mass is 10.1. The van der Waals surface area contributed by atoms with Crippen molar-refractivity contribution in [2.45, 2.75) is 19.1 Å². The van der Waals surface area contributed by atoms with Crippen LogP contribution in [0.15, 0.2) is 48.5 Å². The molecule has 22 heavy (non-hydrogen) atoms. The van der Waals surface area contributed by atoms with Crippen LogP contribution in [0.25, 0.3) is 0 Å². The molecule has 3 rings (SSSR count). The molecule has 2 unspecified atom stereocenters. The first-order valence-corrected chi connectivity index (χ1v) is 7.05. The number of anilines is 1. The first-order valence-electron chi connectivity index (χ1n) is 7.05. The molecule has 5 heteroatoms. The maximum absolute atomic E-state index is 12.5. The number of hydrogen-bond acceptors (Lipinski definition) is 4. The fraction of sp³-hybridized carbons (Fsp3) is 0.235. The first-order chi connectivity index (χ1) is 10.7. The van der Waals surface area contributed by atoms with Crippen molar-refractivity contribution in [3.05, 3.63) is 48.5 Å². The Morgan fingerprint density at radius 3 is 2.41 bits per heavy atom. The molecule has 2 aromatic carbocycles. The second-order valence-corrected chi connectivity index (χ2v) is 5.00. The summed E-state index contributed by atoms with van der Waals surface area (Å²) in [7, 11) is 1.56. The zero-order valence-electron chi connectivity index (χ0n) is 12.4. The Kier molecular flexibility index (Phi) is 3.87. The summed E-state index contributed by atoms with van der Waals surface area (Å²) in [5.74, 6) is 1.55. The van der Waals surface area contributed by atoms with E-state index in [1.807, 2.05) is 37.3 Å². The number of carbonyl (C=O) groups is 1. The van der Waals surface area contributed by atoms with Crippen LogP contribution in [-0.4, -0.2) is 25.2 Å². The summed E-state index contributed by atoms with van der Waals surface area (Å²) >= 11 is 0.